The number of aryl methyl sites for hydroxylation is 2. The number of rotatable bonds is 9. The van der Waals surface area contributed by atoms with Crippen LogP contribution < -0.4 is 10.6 Å². The molecule has 9 heteroatoms. The summed E-state index contributed by atoms with van der Waals surface area (Å²) in [6.45, 7) is 11.6. The quantitative estimate of drug-likeness (QED) is 0.398. The Morgan fingerprint density at radius 2 is 1.70 bits per heavy atom. The van der Waals surface area contributed by atoms with E-state index in [1.54, 1.807) is 58.9 Å². The summed E-state index contributed by atoms with van der Waals surface area (Å²) in [5, 5.41) is 25.5. The Labute approximate surface area is 218 Å². The Morgan fingerprint density at radius 1 is 1.05 bits per heavy atom. The fourth-order valence-electron chi connectivity index (χ4n) is 3.81. The van der Waals surface area contributed by atoms with E-state index in [2.05, 4.69) is 10.6 Å². The fourth-order valence-corrected chi connectivity index (χ4v) is 3.81. The topological polar surface area (TPSA) is 128 Å². The molecule has 4 N–H and O–H groups in total. The number of benzene rings is 2. The largest absolute Gasteiger partial charge is 0.508 e. The molecule has 2 rings (SSSR count). The van der Waals surface area contributed by atoms with E-state index in [1.165, 1.54) is 11.0 Å². The molecule has 2 aromatic carbocycles. The van der Waals surface area contributed by atoms with Gasteiger partial charge in [-0.05, 0) is 82.9 Å². The summed E-state index contributed by atoms with van der Waals surface area (Å²) in [6.07, 6.45) is -0.355. The number of nitrogens with one attached hydrogen (secondary N) is 2. The van der Waals surface area contributed by atoms with E-state index < -0.39 is 48.2 Å². The van der Waals surface area contributed by atoms with Crippen molar-refractivity contribution in [1.29, 1.82) is 0 Å². The maximum absolute atomic E-state index is 13.8. The maximum Gasteiger partial charge on any atom is 0.408 e. The van der Waals surface area contributed by atoms with E-state index in [0.717, 1.165) is 5.56 Å². The van der Waals surface area contributed by atoms with Gasteiger partial charge in [0.15, 0.2) is 0 Å². The number of ether oxygens (including phenoxy) is 1. The molecule has 37 heavy (non-hydrogen) atoms. The zero-order valence-electron chi connectivity index (χ0n) is 22.7. The predicted octanol–water partition coefficient (Wildman–Crippen LogP) is 4.20. The second-order valence-electron chi connectivity index (χ2n) is 10.1. The highest BCUT2D eigenvalue weighted by atomic mass is 16.6. The Morgan fingerprint density at radius 3 is 2.24 bits per heavy atom. The lowest BCUT2D eigenvalue weighted by atomic mass is 9.98. The first-order chi connectivity index (χ1) is 17.3. The first kappa shape index (κ1) is 29.6. The van der Waals surface area contributed by atoms with Crippen molar-refractivity contribution in [2.45, 2.75) is 78.6 Å². The van der Waals surface area contributed by atoms with Crippen molar-refractivity contribution in [2.24, 2.45) is 0 Å². The number of anilines is 1. The van der Waals surface area contributed by atoms with Crippen LogP contribution in [0.25, 0.3) is 0 Å². The number of carbonyl (C=O) groups is 3. The molecule has 0 saturated carbocycles. The third kappa shape index (κ3) is 7.95. The minimum absolute atomic E-state index is 0.0584. The number of hydrogen-bond donors (Lipinski definition) is 4. The summed E-state index contributed by atoms with van der Waals surface area (Å²) in [5.74, 6) is -1.05. The van der Waals surface area contributed by atoms with E-state index >= 15 is 0 Å². The third-order valence-corrected chi connectivity index (χ3v) is 5.96. The number of hydrogen-bond acceptors (Lipinski definition) is 6. The van der Waals surface area contributed by atoms with Crippen molar-refractivity contribution in [3.8, 4) is 5.75 Å². The molecule has 0 aromatic heterocycles. The number of carbonyl (C=O) groups excluding carboxylic acids is 3. The number of aromatic hydroxyl groups is 1. The van der Waals surface area contributed by atoms with Gasteiger partial charge in [-0.2, -0.15) is 0 Å². The molecule has 0 heterocycles. The fraction of sp³-hybridized carbons (Fsp3) is 0.464. The van der Waals surface area contributed by atoms with Crippen LogP contribution in [-0.4, -0.2) is 57.3 Å². The van der Waals surface area contributed by atoms with Crippen LogP contribution in [0.4, 0.5) is 10.5 Å². The number of phenolic OH excluding ortho intramolecular Hbond substituents is 1. The van der Waals surface area contributed by atoms with Crippen LogP contribution in [0.2, 0.25) is 0 Å². The lowest BCUT2D eigenvalue weighted by Gasteiger charge is -2.38. The molecule has 0 spiro atoms. The van der Waals surface area contributed by atoms with Crippen LogP contribution in [0.5, 0.6) is 5.75 Å². The highest BCUT2D eigenvalue weighted by Crippen LogP contribution is 2.30. The smallest absolute Gasteiger partial charge is 0.408 e. The van der Waals surface area contributed by atoms with Crippen LogP contribution in [-0.2, 0) is 14.3 Å². The van der Waals surface area contributed by atoms with Gasteiger partial charge in [0.2, 0.25) is 5.91 Å². The number of para-hydroxylation sites is 1. The van der Waals surface area contributed by atoms with E-state index in [9.17, 15) is 24.6 Å². The van der Waals surface area contributed by atoms with Crippen molar-refractivity contribution in [3.05, 3.63) is 59.2 Å². The summed E-state index contributed by atoms with van der Waals surface area (Å²) in [5.41, 5.74) is 1.65. The van der Waals surface area contributed by atoms with Crippen LogP contribution in [0, 0.1) is 13.8 Å². The van der Waals surface area contributed by atoms with Crippen molar-refractivity contribution in [3.63, 3.8) is 0 Å². The number of nitrogens with zero attached hydrogens (tertiary/aromatic N) is 1. The van der Waals surface area contributed by atoms with E-state index in [4.69, 9.17) is 4.74 Å². The Kier molecular flexibility index (Phi) is 10.1. The monoisotopic (exact) mass is 513 g/mol. The standard InChI is InChI=1S/C28H39N3O6/c1-8-19(4)31(26(35)22(16-32)30-27(36)37-28(5,6)7)24(20-13-14-23(33)18(3)15-20)25(34)29-21-12-10-9-11-17(21)2/h9-15,19,22,24,32-33H,8,16H2,1-7H3,(H,29,34)(H,30,36). The highest BCUT2D eigenvalue weighted by molar-refractivity contribution is 5.99. The molecular formula is C28H39N3O6. The molecule has 3 unspecified atom stereocenters. The number of phenols is 1. The van der Waals surface area contributed by atoms with Gasteiger partial charge in [0.05, 0.1) is 6.61 Å². The second kappa shape index (κ2) is 12.6. The molecule has 9 nitrogen and oxygen atoms in total. The van der Waals surface area contributed by atoms with Crippen molar-refractivity contribution < 1.29 is 29.3 Å². The molecule has 3 amide bonds. The SMILES string of the molecule is CCC(C)N(C(=O)C(CO)NC(=O)OC(C)(C)C)C(C(=O)Nc1ccccc1C)c1ccc(O)c(C)c1. The van der Waals surface area contributed by atoms with Gasteiger partial charge in [0, 0.05) is 11.7 Å². The maximum atomic E-state index is 13.8. The summed E-state index contributed by atoms with van der Waals surface area (Å²) in [7, 11) is 0. The normalized spacial score (nSPS) is 13.7. The molecular weight excluding hydrogens is 474 g/mol. The van der Waals surface area contributed by atoms with Crippen molar-refractivity contribution in [2.75, 3.05) is 11.9 Å². The minimum atomic E-state index is -1.34. The van der Waals surface area contributed by atoms with E-state index in [-0.39, 0.29) is 5.75 Å². The lowest BCUT2D eigenvalue weighted by Crippen LogP contribution is -2.56. The molecule has 0 saturated heterocycles. The molecule has 0 aliphatic rings. The Balaban J connectivity index is 2.55. The van der Waals surface area contributed by atoms with Crippen molar-refractivity contribution >= 4 is 23.6 Å². The number of alkyl carbamates (subject to hydrolysis) is 1. The molecule has 0 aliphatic carbocycles. The van der Waals surface area contributed by atoms with Gasteiger partial charge in [0.25, 0.3) is 5.91 Å². The lowest BCUT2D eigenvalue weighted by molar-refractivity contribution is -0.144. The number of aliphatic hydroxyl groups is 1. The summed E-state index contributed by atoms with van der Waals surface area (Å²) >= 11 is 0. The summed E-state index contributed by atoms with van der Waals surface area (Å²) < 4.78 is 5.26. The average molecular weight is 514 g/mol. The minimum Gasteiger partial charge on any atom is -0.508 e. The average Bonchev–Trinajstić information content (AvgIpc) is 2.82. The molecule has 202 valence electrons. The zero-order chi connectivity index (χ0) is 27.9. The molecule has 0 bridgehead atoms. The number of aliphatic hydroxyl groups excluding tert-OH is 1. The molecule has 2 aromatic rings. The van der Waals surface area contributed by atoms with E-state index in [1.807, 2.05) is 26.0 Å². The van der Waals surface area contributed by atoms with Crippen LogP contribution in [0.3, 0.4) is 0 Å². The van der Waals surface area contributed by atoms with Gasteiger partial charge >= 0.3 is 6.09 Å². The highest BCUT2D eigenvalue weighted by Gasteiger charge is 2.38. The molecule has 3 atom stereocenters. The Hall–Kier alpha value is -3.59. The zero-order valence-corrected chi connectivity index (χ0v) is 22.7. The van der Waals surface area contributed by atoms with Crippen LogP contribution >= 0.6 is 0 Å². The van der Waals surface area contributed by atoms with Crippen LogP contribution in [0.15, 0.2) is 42.5 Å². The second-order valence-corrected chi connectivity index (χ2v) is 10.1. The molecule has 0 fully saturated rings. The first-order valence-corrected chi connectivity index (χ1v) is 12.4. The van der Waals surface area contributed by atoms with Gasteiger partial charge in [-0.25, -0.2) is 4.79 Å². The third-order valence-electron chi connectivity index (χ3n) is 5.96. The molecule has 0 radical (unpaired) electrons. The van der Waals surface area contributed by atoms with Gasteiger partial charge in [-0.3, -0.25) is 9.59 Å². The first-order valence-electron chi connectivity index (χ1n) is 12.4. The van der Waals surface area contributed by atoms with E-state index in [0.29, 0.717) is 23.2 Å². The van der Waals surface area contributed by atoms with Crippen LogP contribution in [0.1, 0.15) is 63.8 Å². The molecule has 0 aliphatic heterocycles. The van der Waals surface area contributed by atoms with Gasteiger partial charge in [-0.15, -0.1) is 0 Å². The Bertz CT molecular complexity index is 1110. The van der Waals surface area contributed by atoms with Gasteiger partial charge in [-0.1, -0.05) is 31.2 Å². The van der Waals surface area contributed by atoms with Gasteiger partial charge in [0.1, 0.15) is 23.4 Å². The summed E-state index contributed by atoms with van der Waals surface area (Å²) in [6, 6.07) is 9.09. The summed E-state index contributed by atoms with van der Waals surface area (Å²) in [4.78, 5) is 41.4. The van der Waals surface area contributed by atoms with Gasteiger partial charge < -0.3 is 30.5 Å². The number of amides is 3. The predicted molar refractivity (Wildman–Crippen MR) is 142 cm³/mol. The van der Waals surface area contributed by atoms with Crippen molar-refractivity contribution in [1.82, 2.24) is 10.2 Å².